The number of nitrogens with two attached hydrogens (primary N) is 1. The van der Waals surface area contributed by atoms with Crippen molar-refractivity contribution in [1.82, 2.24) is 0 Å². The SMILES string of the molecule is NC1c2cc3c(cc2CCC1COC=O)OCO3. The van der Waals surface area contributed by atoms with E-state index in [0.29, 0.717) is 13.1 Å². The maximum atomic E-state index is 10.3. The van der Waals surface area contributed by atoms with Gasteiger partial charge in [0.15, 0.2) is 11.5 Å². The number of hydrogen-bond donors (Lipinski definition) is 1. The van der Waals surface area contributed by atoms with Crippen LogP contribution in [0, 0.1) is 5.92 Å². The molecule has 0 spiro atoms. The predicted molar refractivity (Wildman–Crippen MR) is 63.3 cm³/mol. The molecule has 2 aliphatic rings. The van der Waals surface area contributed by atoms with Crippen LogP contribution in [0.5, 0.6) is 11.5 Å². The summed E-state index contributed by atoms with van der Waals surface area (Å²) in [5.74, 6) is 1.72. The summed E-state index contributed by atoms with van der Waals surface area (Å²) in [4.78, 5) is 10.3. The third-order valence-electron chi connectivity index (χ3n) is 3.66. The Morgan fingerprint density at radius 3 is 2.94 bits per heavy atom. The zero-order valence-corrected chi connectivity index (χ0v) is 9.93. The van der Waals surface area contributed by atoms with Crippen molar-refractivity contribution in [2.75, 3.05) is 13.4 Å². The lowest BCUT2D eigenvalue weighted by Crippen LogP contribution is -2.30. The van der Waals surface area contributed by atoms with Crippen molar-refractivity contribution in [3.8, 4) is 11.5 Å². The maximum Gasteiger partial charge on any atom is 0.293 e. The number of aryl methyl sites for hydroxylation is 1. The molecule has 18 heavy (non-hydrogen) atoms. The van der Waals surface area contributed by atoms with Crippen LogP contribution in [0.4, 0.5) is 0 Å². The van der Waals surface area contributed by atoms with Crippen LogP contribution in [-0.4, -0.2) is 19.9 Å². The van der Waals surface area contributed by atoms with E-state index in [1.807, 2.05) is 12.1 Å². The number of fused-ring (bicyclic) bond motifs is 2. The van der Waals surface area contributed by atoms with Gasteiger partial charge in [0, 0.05) is 12.0 Å². The maximum absolute atomic E-state index is 10.3. The minimum atomic E-state index is -0.122. The molecule has 0 radical (unpaired) electrons. The van der Waals surface area contributed by atoms with Gasteiger partial charge in [-0.05, 0) is 36.1 Å². The van der Waals surface area contributed by atoms with Crippen molar-refractivity contribution in [3.63, 3.8) is 0 Å². The highest BCUT2D eigenvalue weighted by Crippen LogP contribution is 2.41. The largest absolute Gasteiger partial charge is 0.468 e. The third kappa shape index (κ3) is 1.80. The molecule has 5 heteroatoms. The molecule has 96 valence electrons. The Balaban J connectivity index is 1.88. The van der Waals surface area contributed by atoms with Crippen LogP contribution in [0.2, 0.25) is 0 Å². The van der Waals surface area contributed by atoms with Crippen LogP contribution >= 0.6 is 0 Å². The molecule has 2 N–H and O–H groups in total. The van der Waals surface area contributed by atoms with Gasteiger partial charge in [0.2, 0.25) is 6.79 Å². The van der Waals surface area contributed by atoms with E-state index in [9.17, 15) is 4.79 Å². The number of hydrogen-bond acceptors (Lipinski definition) is 5. The van der Waals surface area contributed by atoms with Crippen LogP contribution in [-0.2, 0) is 16.0 Å². The van der Waals surface area contributed by atoms with Crippen LogP contribution in [0.15, 0.2) is 12.1 Å². The molecule has 0 bridgehead atoms. The van der Waals surface area contributed by atoms with Crippen LogP contribution in [0.25, 0.3) is 0 Å². The summed E-state index contributed by atoms with van der Waals surface area (Å²) in [6.45, 7) is 1.12. The normalized spacial score (nSPS) is 24.5. The summed E-state index contributed by atoms with van der Waals surface area (Å²) < 4.78 is 15.6. The highest BCUT2D eigenvalue weighted by molar-refractivity contribution is 5.50. The number of carbonyl (C=O) groups excluding carboxylic acids is 1. The molecular formula is C13H15NO4. The lowest BCUT2D eigenvalue weighted by atomic mass is 9.80. The fourth-order valence-corrected chi connectivity index (χ4v) is 2.65. The molecule has 1 heterocycles. The fraction of sp³-hybridized carbons (Fsp3) is 0.462. The monoisotopic (exact) mass is 249 g/mol. The van der Waals surface area contributed by atoms with Gasteiger partial charge in [0.05, 0.1) is 6.61 Å². The fourth-order valence-electron chi connectivity index (χ4n) is 2.65. The van der Waals surface area contributed by atoms with Gasteiger partial charge in [-0.3, -0.25) is 4.79 Å². The Bertz CT molecular complexity index is 474. The van der Waals surface area contributed by atoms with E-state index < -0.39 is 0 Å². The smallest absolute Gasteiger partial charge is 0.293 e. The number of rotatable bonds is 3. The predicted octanol–water partition coefficient (Wildman–Crippen LogP) is 1.15. The summed E-state index contributed by atoms with van der Waals surface area (Å²) in [5, 5.41) is 0. The van der Waals surface area contributed by atoms with Gasteiger partial charge < -0.3 is 19.9 Å². The summed E-state index contributed by atoms with van der Waals surface area (Å²) >= 11 is 0. The van der Waals surface area contributed by atoms with E-state index in [1.165, 1.54) is 5.56 Å². The van der Waals surface area contributed by atoms with E-state index in [4.69, 9.17) is 19.9 Å². The van der Waals surface area contributed by atoms with Crippen molar-refractivity contribution < 1.29 is 19.0 Å². The van der Waals surface area contributed by atoms with Gasteiger partial charge in [0.1, 0.15) is 0 Å². The second kappa shape index (κ2) is 4.49. The first-order chi connectivity index (χ1) is 8.79. The number of carbonyl (C=O) groups is 1. The average Bonchev–Trinajstić information content (AvgIpc) is 2.83. The molecule has 2 unspecified atom stereocenters. The Morgan fingerprint density at radius 2 is 2.17 bits per heavy atom. The summed E-state index contributed by atoms with van der Waals surface area (Å²) in [6.07, 6.45) is 1.84. The van der Waals surface area contributed by atoms with E-state index in [1.54, 1.807) is 0 Å². The molecule has 0 aromatic heterocycles. The Kier molecular flexibility index (Phi) is 2.83. The molecule has 5 nitrogen and oxygen atoms in total. The van der Waals surface area contributed by atoms with Gasteiger partial charge in [-0.25, -0.2) is 0 Å². The molecule has 0 saturated carbocycles. The molecule has 1 aromatic rings. The lowest BCUT2D eigenvalue weighted by Gasteiger charge is -2.30. The van der Waals surface area contributed by atoms with Crippen molar-refractivity contribution in [3.05, 3.63) is 23.3 Å². The molecule has 3 rings (SSSR count). The first kappa shape index (κ1) is 11.3. The van der Waals surface area contributed by atoms with Gasteiger partial charge in [-0.15, -0.1) is 0 Å². The topological polar surface area (TPSA) is 70.8 Å². The molecule has 1 aliphatic heterocycles. The zero-order valence-electron chi connectivity index (χ0n) is 9.93. The standard InChI is InChI=1S/C13H15NO4/c14-13-9(5-16-6-15)2-1-8-3-11-12(4-10(8)13)18-7-17-11/h3-4,6,9,13H,1-2,5,7,14H2. The van der Waals surface area contributed by atoms with Gasteiger partial charge in [-0.2, -0.15) is 0 Å². The van der Waals surface area contributed by atoms with Crippen molar-refractivity contribution >= 4 is 6.47 Å². The molecule has 2 atom stereocenters. The van der Waals surface area contributed by atoms with Crippen LogP contribution in [0.3, 0.4) is 0 Å². The van der Waals surface area contributed by atoms with Crippen LogP contribution < -0.4 is 15.2 Å². The Labute approximate surface area is 105 Å². The highest BCUT2D eigenvalue weighted by atomic mass is 16.7. The van der Waals surface area contributed by atoms with Crippen molar-refractivity contribution in [2.24, 2.45) is 11.7 Å². The van der Waals surface area contributed by atoms with Crippen molar-refractivity contribution in [2.45, 2.75) is 18.9 Å². The van der Waals surface area contributed by atoms with Gasteiger partial charge >= 0.3 is 0 Å². The summed E-state index contributed by atoms with van der Waals surface area (Å²) in [5.41, 5.74) is 8.51. The first-order valence-corrected chi connectivity index (χ1v) is 6.03. The third-order valence-corrected chi connectivity index (χ3v) is 3.66. The second-order valence-electron chi connectivity index (χ2n) is 4.66. The number of ether oxygens (including phenoxy) is 3. The van der Waals surface area contributed by atoms with E-state index >= 15 is 0 Å². The minimum absolute atomic E-state index is 0.122. The minimum Gasteiger partial charge on any atom is -0.468 e. The van der Waals surface area contributed by atoms with Gasteiger partial charge in [0.25, 0.3) is 6.47 Å². The molecule has 0 amide bonds. The average molecular weight is 249 g/mol. The quantitative estimate of drug-likeness (QED) is 0.814. The molecule has 0 fully saturated rings. The molecular weight excluding hydrogens is 234 g/mol. The van der Waals surface area contributed by atoms with E-state index in [0.717, 1.165) is 29.9 Å². The van der Waals surface area contributed by atoms with E-state index in [-0.39, 0.29) is 18.8 Å². The molecule has 1 aromatic carbocycles. The highest BCUT2D eigenvalue weighted by Gasteiger charge is 2.29. The molecule has 0 saturated heterocycles. The Hall–Kier alpha value is -1.75. The Morgan fingerprint density at radius 1 is 1.39 bits per heavy atom. The first-order valence-electron chi connectivity index (χ1n) is 6.03. The zero-order chi connectivity index (χ0) is 12.5. The summed E-state index contributed by atoms with van der Waals surface area (Å²) in [6, 6.07) is 3.84. The van der Waals surface area contributed by atoms with Crippen LogP contribution in [0.1, 0.15) is 23.6 Å². The number of benzene rings is 1. The second-order valence-corrected chi connectivity index (χ2v) is 4.66. The summed E-state index contributed by atoms with van der Waals surface area (Å²) in [7, 11) is 0. The lowest BCUT2D eigenvalue weighted by molar-refractivity contribution is -0.130. The molecule has 1 aliphatic carbocycles. The van der Waals surface area contributed by atoms with Gasteiger partial charge in [-0.1, -0.05) is 0 Å². The van der Waals surface area contributed by atoms with E-state index in [2.05, 4.69) is 0 Å². The van der Waals surface area contributed by atoms with Crippen molar-refractivity contribution in [1.29, 1.82) is 0 Å².